The normalized spacial score (nSPS) is 11.0. The maximum atomic E-state index is 11.4. The van der Waals surface area contributed by atoms with Crippen molar-refractivity contribution in [3.05, 3.63) is 29.3 Å². The number of hydrogen-bond acceptors (Lipinski definition) is 3. The first-order valence-electron chi connectivity index (χ1n) is 5.32. The topological polar surface area (TPSA) is 67.1 Å². The number of aromatic nitrogens is 1. The molecule has 2 aromatic rings. The van der Waals surface area contributed by atoms with Gasteiger partial charge in [0.2, 0.25) is 0 Å². The first-order chi connectivity index (χ1) is 8.46. The SMILES string of the molecule is CS(=O)(=O)NC(=O)CC[n+]1c[se]c2ccccc21.[Br-]. The fourth-order valence-corrected chi connectivity index (χ4v) is 4.08. The average Bonchev–Trinajstić information content (AvgIpc) is 2.67. The van der Waals surface area contributed by atoms with Gasteiger partial charge in [0.15, 0.2) is 0 Å². The van der Waals surface area contributed by atoms with Gasteiger partial charge in [0.05, 0.1) is 0 Å². The third kappa shape index (κ3) is 4.72. The minimum Gasteiger partial charge on any atom is -1.00 e. The average molecular weight is 412 g/mol. The van der Waals surface area contributed by atoms with Crippen LogP contribution in [0.4, 0.5) is 0 Å². The van der Waals surface area contributed by atoms with E-state index >= 15 is 0 Å². The Bertz CT molecular complexity index is 684. The summed E-state index contributed by atoms with van der Waals surface area (Å²) in [6.07, 6.45) is 1.14. The van der Waals surface area contributed by atoms with Crippen LogP contribution in [0.1, 0.15) is 6.42 Å². The number of amides is 1. The van der Waals surface area contributed by atoms with E-state index in [4.69, 9.17) is 0 Å². The van der Waals surface area contributed by atoms with Crippen molar-refractivity contribution in [2.75, 3.05) is 6.26 Å². The zero-order chi connectivity index (χ0) is 13.2. The van der Waals surface area contributed by atoms with Gasteiger partial charge in [-0.3, -0.25) is 0 Å². The number of nitrogens with one attached hydrogen (secondary N) is 1. The van der Waals surface area contributed by atoms with Crippen LogP contribution in [0, 0.1) is 0 Å². The van der Waals surface area contributed by atoms with Crippen molar-refractivity contribution in [1.82, 2.24) is 4.72 Å². The smallest absolute Gasteiger partial charge is 1.00 e. The predicted octanol–water partition coefficient (Wildman–Crippen LogP) is -3.35. The molecule has 0 aliphatic rings. The molecule has 2 rings (SSSR count). The standard InChI is InChI=1S/C11H12N2O3SSe.BrH/c1-17(15,16)12-11(14)6-7-13-8-18-10-5-3-2-4-9(10)13;/h2-5,8H,6-7H2,1H3;1H. The molecular weight excluding hydrogens is 399 g/mol. The number of halogens is 1. The van der Waals surface area contributed by atoms with E-state index in [2.05, 4.69) is 11.1 Å². The molecule has 0 saturated heterocycles. The predicted molar refractivity (Wildman–Crippen MR) is 68.7 cm³/mol. The van der Waals surface area contributed by atoms with Crippen molar-refractivity contribution in [2.45, 2.75) is 13.0 Å². The third-order valence-electron chi connectivity index (χ3n) is 2.36. The van der Waals surface area contributed by atoms with E-state index in [0.29, 0.717) is 21.0 Å². The molecule has 0 fully saturated rings. The minimum absolute atomic E-state index is 0. The Morgan fingerprint density at radius 1 is 1.37 bits per heavy atom. The first-order valence-corrected chi connectivity index (χ1v) is 9.06. The van der Waals surface area contributed by atoms with Gasteiger partial charge >= 0.3 is 111 Å². The molecule has 1 amide bonds. The van der Waals surface area contributed by atoms with Crippen molar-refractivity contribution in [3.63, 3.8) is 0 Å². The quantitative estimate of drug-likeness (QED) is 0.422. The number of hydrogen-bond donors (Lipinski definition) is 1. The van der Waals surface area contributed by atoms with Gasteiger partial charge < -0.3 is 17.0 Å². The largest absolute Gasteiger partial charge is 1.00 e. The Balaban J connectivity index is 0.00000180. The van der Waals surface area contributed by atoms with Crippen LogP contribution in [-0.2, 0) is 21.4 Å². The summed E-state index contributed by atoms with van der Waals surface area (Å²) in [7, 11) is -3.45. The summed E-state index contributed by atoms with van der Waals surface area (Å²) in [5.41, 5.74) is 1.12. The second-order valence-corrected chi connectivity index (χ2v) is 7.54. The van der Waals surface area contributed by atoms with Gasteiger partial charge in [0.25, 0.3) is 0 Å². The first kappa shape index (κ1) is 16.4. The third-order valence-corrected chi connectivity index (χ3v) is 4.97. The van der Waals surface area contributed by atoms with Crippen LogP contribution in [-0.4, -0.2) is 35.1 Å². The molecule has 1 N–H and O–H groups in total. The number of benzene rings is 1. The van der Waals surface area contributed by atoms with E-state index in [1.54, 1.807) is 0 Å². The van der Waals surface area contributed by atoms with E-state index in [-0.39, 0.29) is 23.4 Å². The Hall–Kier alpha value is -0.691. The Labute approximate surface area is 128 Å². The van der Waals surface area contributed by atoms with Gasteiger partial charge in [-0.25, -0.2) is 0 Å². The van der Waals surface area contributed by atoms with E-state index in [1.807, 2.05) is 27.5 Å². The fourth-order valence-electron chi connectivity index (χ4n) is 1.62. The summed E-state index contributed by atoms with van der Waals surface area (Å²) in [6.45, 7) is 0.500. The van der Waals surface area contributed by atoms with Gasteiger partial charge in [-0.1, -0.05) is 0 Å². The molecule has 1 aromatic heterocycles. The van der Waals surface area contributed by atoms with Crippen LogP contribution in [0.2, 0.25) is 0 Å². The number of carbonyl (C=O) groups excluding carboxylic acids is 1. The summed E-state index contributed by atoms with van der Waals surface area (Å²) in [4.78, 5) is 11.4. The minimum atomic E-state index is -3.45. The zero-order valence-corrected chi connectivity index (χ0v) is 14.3. The van der Waals surface area contributed by atoms with E-state index in [0.717, 1.165) is 11.8 Å². The summed E-state index contributed by atoms with van der Waals surface area (Å²) < 4.78 is 27.0. The van der Waals surface area contributed by atoms with Gasteiger partial charge in [-0.05, 0) is 0 Å². The number of rotatable bonds is 4. The molecule has 0 bridgehead atoms. The molecule has 0 radical (unpaired) electrons. The molecule has 8 heteroatoms. The van der Waals surface area contributed by atoms with Crippen LogP contribution in [0.3, 0.4) is 0 Å². The number of aryl methyl sites for hydroxylation is 1. The van der Waals surface area contributed by atoms with E-state index in [9.17, 15) is 13.2 Å². The Kier molecular flexibility index (Phi) is 5.73. The van der Waals surface area contributed by atoms with E-state index < -0.39 is 15.9 Å². The maximum Gasteiger partial charge on any atom is -1.00 e. The fraction of sp³-hybridized carbons (Fsp3) is 0.273. The number of carbonyl (C=O) groups is 1. The number of fused-ring (bicyclic) bond motifs is 1. The van der Waals surface area contributed by atoms with Crippen molar-refractivity contribution >= 4 is 40.2 Å². The van der Waals surface area contributed by atoms with Crippen molar-refractivity contribution in [2.24, 2.45) is 0 Å². The van der Waals surface area contributed by atoms with Gasteiger partial charge in [0.1, 0.15) is 0 Å². The Morgan fingerprint density at radius 3 is 2.74 bits per heavy atom. The van der Waals surface area contributed by atoms with Crippen molar-refractivity contribution < 1.29 is 34.8 Å². The molecule has 5 nitrogen and oxygen atoms in total. The molecule has 0 spiro atoms. The second-order valence-electron chi connectivity index (χ2n) is 3.93. The summed E-state index contributed by atoms with van der Waals surface area (Å²) >= 11 is 0.296. The zero-order valence-electron chi connectivity index (χ0n) is 10.2. The Morgan fingerprint density at radius 2 is 2.05 bits per heavy atom. The molecular formula is C11H13BrN2O3SSe. The van der Waals surface area contributed by atoms with Crippen molar-refractivity contribution in [3.8, 4) is 0 Å². The number of sulfonamides is 1. The molecule has 19 heavy (non-hydrogen) atoms. The van der Waals surface area contributed by atoms with Crippen LogP contribution in [0.15, 0.2) is 29.3 Å². The molecule has 1 aromatic carbocycles. The maximum absolute atomic E-state index is 11.4. The number of para-hydroxylation sites is 1. The summed E-state index contributed by atoms with van der Waals surface area (Å²) in [6, 6.07) is 8.03. The molecule has 0 unspecified atom stereocenters. The summed E-state index contributed by atoms with van der Waals surface area (Å²) in [5, 5.41) is 2.07. The van der Waals surface area contributed by atoms with E-state index in [1.165, 1.54) is 4.26 Å². The molecule has 0 atom stereocenters. The molecule has 0 aliphatic heterocycles. The van der Waals surface area contributed by atoms with Gasteiger partial charge in [0, 0.05) is 0 Å². The summed E-state index contributed by atoms with van der Waals surface area (Å²) in [5.74, 6) is -0.470. The monoisotopic (exact) mass is 412 g/mol. The van der Waals surface area contributed by atoms with Crippen LogP contribution < -0.4 is 26.3 Å². The van der Waals surface area contributed by atoms with Crippen LogP contribution in [0.25, 0.3) is 9.78 Å². The molecule has 1 heterocycles. The second kappa shape index (κ2) is 6.65. The molecule has 0 saturated carbocycles. The van der Waals surface area contributed by atoms with Crippen LogP contribution >= 0.6 is 0 Å². The number of nitrogens with zero attached hydrogens (tertiary/aromatic N) is 1. The molecule has 0 aliphatic carbocycles. The van der Waals surface area contributed by atoms with Gasteiger partial charge in [-0.15, -0.1) is 0 Å². The van der Waals surface area contributed by atoms with Crippen molar-refractivity contribution in [1.29, 1.82) is 0 Å². The van der Waals surface area contributed by atoms with Gasteiger partial charge in [-0.2, -0.15) is 0 Å². The van der Waals surface area contributed by atoms with Crippen LogP contribution in [0.5, 0.6) is 0 Å². The molecule has 104 valence electrons.